The van der Waals surface area contributed by atoms with Crippen LogP contribution in [0.1, 0.15) is 29.2 Å². The van der Waals surface area contributed by atoms with Crippen molar-refractivity contribution in [3.8, 4) is 0 Å². The zero-order valence-electron chi connectivity index (χ0n) is 12.2. The van der Waals surface area contributed by atoms with Crippen LogP contribution in [0.3, 0.4) is 0 Å². The molecule has 0 saturated heterocycles. The second-order valence-electron chi connectivity index (χ2n) is 4.71. The lowest BCUT2D eigenvalue weighted by Crippen LogP contribution is -2.02. The highest BCUT2D eigenvalue weighted by molar-refractivity contribution is 5.69. The van der Waals surface area contributed by atoms with Gasteiger partial charge in [-0.2, -0.15) is 0 Å². The summed E-state index contributed by atoms with van der Waals surface area (Å²) in [5, 5.41) is 3.85. The number of ether oxygens (including phenoxy) is 1. The number of hydrogen-bond acceptors (Lipinski definition) is 4. The molecule has 0 aliphatic heterocycles. The number of esters is 1. The minimum Gasteiger partial charge on any atom is -0.469 e. The Balaban J connectivity index is 2.16. The number of methoxy groups -OCH3 is 1. The van der Waals surface area contributed by atoms with E-state index in [0.29, 0.717) is 12.8 Å². The van der Waals surface area contributed by atoms with Crippen molar-refractivity contribution in [3.05, 3.63) is 75.9 Å². The normalized spacial score (nSPS) is 11.3. The maximum atomic E-state index is 11.1. The van der Waals surface area contributed by atoms with E-state index in [1.54, 1.807) is 18.5 Å². The molecule has 22 heavy (non-hydrogen) atoms. The van der Waals surface area contributed by atoms with Crippen LogP contribution >= 0.6 is 0 Å². The van der Waals surface area contributed by atoms with E-state index in [9.17, 15) is 4.79 Å². The molecule has 1 unspecified atom stereocenters. The zero-order chi connectivity index (χ0) is 15.8. The Kier molecular flexibility index (Phi) is 5.51. The largest absolute Gasteiger partial charge is 0.469 e. The van der Waals surface area contributed by atoms with E-state index in [2.05, 4.69) is 19.7 Å². The van der Waals surface area contributed by atoms with Crippen LogP contribution in [0.2, 0.25) is 0 Å². The molecule has 0 fully saturated rings. The average molecular weight is 296 g/mol. The smallest absolute Gasteiger partial charge is 0.305 e. The van der Waals surface area contributed by atoms with Crippen LogP contribution in [0, 0.1) is 0 Å². The molecule has 1 heterocycles. The summed E-state index contributed by atoms with van der Waals surface area (Å²) < 4.78 is 4.62. The third-order valence-corrected chi connectivity index (χ3v) is 3.31. The van der Waals surface area contributed by atoms with Gasteiger partial charge in [0.15, 0.2) is 0 Å². The highest BCUT2D eigenvalue weighted by Gasteiger charge is 2.12. The number of carbonyl (C=O) groups is 1. The maximum absolute atomic E-state index is 11.1. The van der Waals surface area contributed by atoms with E-state index < -0.39 is 6.04 Å². The summed E-state index contributed by atoms with van der Waals surface area (Å²) in [6.45, 7) is 0. The second-order valence-corrected chi connectivity index (χ2v) is 4.71. The van der Waals surface area contributed by atoms with Gasteiger partial charge >= 0.3 is 5.97 Å². The van der Waals surface area contributed by atoms with Crippen LogP contribution in [-0.2, 0) is 16.0 Å². The number of hydrogen-bond donors (Lipinski definition) is 0. The van der Waals surface area contributed by atoms with Crippen molar-refractivity contribution in [3.63, 3.8) is 0 Å². The topological polar surface area (TPSA) is 88.0 Å². The van der Waals surface area contributed by atoms with Gasteiger partial charge in [0.2, 0.25) is 0 Å². The molecular weight excluding hydrogens is 280 g/mol. The van der Waals surface area contributed by atoms with Gasteiger partial charge in [-0.1, -0.05) is 35.4 Å². The number of aromatic nitrogens is 1. The predicted octanol–water partition coefficient (Wildman–Crippen LogP) is 3.59. The summed E-state index contributed by atoms with van der Waals surface area (Å²) in [6.07, 6.45) is 4.32. The summed E-state index contributed by atoms with van der Waals surface area (Å²) in [5.41, 5.74) is 11.5. The van der Waals surface area contributed by atoms with Gasteiger partial charge < -0.3 is 4.74 Å². The summed E-state index contributed by atoms with van der Waals surface area (Å²) in [5.74, 6) is -0.230. The molecule has 1 aromatic heterocycles. The van der Waals surface area contributed by atoms with E-state index in [1.807, 2.05) is 30.3 Å². The molecule has 0 bridgehead atoms. The summed E-state index contributed by atoms with van der Waals surface area (Å²) in [4.78, 5) is 18.1. The minimum absolute atomic E-state index is 0.230. The Labute approximate surface area is 128 Å². The highest BCUT2D eigenvalue weighted by atomic mass is 16.5. The number of rotatable bonds is 6. The second kappa shape index (κ2) is 7.81. The van der Waals surface area contributed by atoms with Crippen molar-refractivity contribution in [2.45, 2.75) is 18.9 Å². The Morgan fingerprint density at radius 3 is 2.68 bits per heavy atom. The van der Waals surface area contributed by atoms with Gasteiger partial charge in [0, 0.05) is 23.7 Å². The average Bonchev–Trinajstić information content (AvgIpc) is 2.59. The number of pyridine rings is 1. The van der Waals surface area contributed by atoms with Gasteiger partial charge in [-0.3, -0.25) is 9.78 Å². The molecule has 2 aromatic rings. The van der Waals surface area contributed by atoms with Gasteiger partial charge in [0.05, 0.1) is 13.2 Å². The third kappa shape index (κ3) is 4.07. The summed E-state index contributed by atoms with van der Waals surface area (Å²) in [6, 6.07) is 10.9. The molecule has 0 aliphatic carbocycles. The zero-order valence-corrected chi connectivity index (χ0v) is 12.2. The number of nitrogens with zero attached hydrogens (tertiary/aromatic N) is 4. The lowest BCUT2D eigenvalue weighted by molar-refractivity contribution is -0.140. The quantitative estimate of drug-likeness (QED) is 0.353. The molecule has 0 N–H and O–H groups in total. The molecule has 1 atom stereocenters. The first kappa shape index (κ1) is 15.5. The monoisotopic (exact) mass is 296 g/mol. The first-order valence-corrected chi connectivity index (χ1v) is 6.84. The summed E-state index contributed by atoms with van der Waals surface area (Å²) >= 11 is 0. The molecule has 0 aliphatic rings. The Hall–Kier alpha value is -2.85. The van der Waals surface area contributed by atoms with Crippen molar-refractivity contribution >= 4 is 5.97 Å². The van der Waals surface area contributed by atoms with E-state index in [0.717, 1.165) is 16.7 Å². The molecular formula is C16H16N4O2. The Morgan fingerprint density at radius 1 is 1.32 bits per heavy atom. The van der Waals surface area contributed by atoms with Gasteiger partial charge in [0.1, 0.15) is 0 Å². The predicted molar refractivity (Wildman–Crippen MR) is 82.0 cm³/mol. The van der Waals surface area contributed by atoms with Gasteiger partial charge in [-0.25, -0.2) is 0 Å². The highest BCUT2D eigenvalue weighted by Crippen LogP contribution is 2.26. The van der Waals surface area contributed by atoms with E-state index >= 15 is 0 Å². The molecule has 0 saturated carbocycles. The van der Waals surface area contributed by atoms with Gasteiger partial charge in [-0.15, -0.1) is 0 Å². The molecule has 112 valence electrons. The van der Waals surface area contributed by atoms with Crippen molar-refractivity contribution in [2.75, 3.05) is 7.11 Å². The van der Waals surface area contributed by atoms with Crippen molar-refractivity contribution in [2.24, 2.45) is 5.11 Å². The first-order valence-electron chi connectivity index (χ1n) is 6.84. The van der Waals surface area contributed by atoms with Gasteiger partial charge in [0.25, 0.3) is 0 Å². The van der Waals surface area contributed by atoms with Crippen LogP contribution in [-0.4, -0.2) is 18.1 Å². The Bertz CT molecular complexity index is 664. The third-order valence-electron chi connectivity index (χ3n) is 3.31. The maximum Gasteiger partial charge on any atom is 0.305 e. The number of azide groups is 1. The van der Waals surface area contributed by atoms with Crippen molar-refractivity contribution in [1.29, 1.82) is 0 Å². The number of aryl methyl sites for hydroxylation is 1. The molecule has 0 radical (unpaired) electrons. The van der Waals surface area contributed by atoms with Crippen molar-refractivity contribution < 1.29 is 9.53 Å². The molecule has 0 spiro atoms. The fraction of sp³-hybridized carbons (Fsp3) is 0.250. The Morgan fingerprint density at radius 2 is 2.09 bits per heavy atom. The van der Waals surface area contributed by atoms with E-state index in [-0.39, 0.29) is 5.97 Å². The van der Waals surface area contributed by atoms with E-state index in [4.69, 9.17) is 5.53 Å². The fourth-order valence-electron chi connectivity index (χ4n) is 2.13. The lowest BCUT2D eigenvalue weighted by Gasteiger charge is -2.12. The number of carbonyl (C=O) groups excluding carboxylic acids is 1. The van der Waals surface area contributed by atoms with Crippen molar-refractivity contribution in [1.82, 2.24) is 4.98 Å². The van der Waals surface area contributed by atoms with Crippen LogP contribution in [0.4, 0.5) is 0 Å². The van der Waals surface area contributed by atoms with Crippen LogP contribution < -0.4 is 0 Å². The van der Waals surface area contributed by atoms with Crippen LogP contribution in [0.15, 0.2) is 53.9 Å². The van der Waals surface area contributed by atoms with Crippen LogP contribution in [0.5, 0.6) is 0 Å². The molecule has 1 aromatic carbocycles. The van der Waals surface area contributed by atoms with Gasteiger partial charge in [-0.05, 0) is 34.7 Å². The van der Waals surface area contributed by atoms with Crippen LogP contribution in [0.25, 0.3) is 10.4 Å². The number of benzene rings is 1. The summed E-state index contributed by atoms with van der Waals surface area (Å²) in [7, 11) is 1.38. The fourth-order valence-corrected chi connectivity index (χ4v) is 2.13. The molecule has 2 rings (SSSR count). The first-order chi connectivity index (χ1) is 10.7. The molecule has 6 heteroatoms. The molecule has 6 nitrogen and oxygen atoms in total. The molecule has 0 amide bonds. The SMILES string of the molecule is COC(=O)CCc1ccc(C(N=[N+]=[N-])c2cccnc2)cc1. The lowest BCUT2D eigenvalue weighted by atomic mass is 9.99. The van der Waals surface area contributed by atoms with E-state index in [1.165, 1.54) is 7.11 Å². The minimum atomic E-state index is -0.409. The standard InChI is InChI=1S/C16H16N4O2/c1-22-15(21)9-6-12-4-7-13(8-5-12)16(19-20-17)14-3-2-10-18-11-14/h2-5,7-8,10-11,16H,6,9H2,1H3.